The number of allylic oxidation sites excluding steroid dienone is 1. The van der Waals surface area contributed by atoms with Crippen LogP contribution in [0.2, 0.25) is 5.04 Å². The average Bonchev–Trinajstić information content (AvgIpc) is 3.32. The lowest BCUT2D eigenvalue weighted by molar-refractivity contribution is -0.172. The first-order chi connectivity index (χ1) is 20.2. The number of benzene rings is 2. The van der Waals surface area contributed by atoms with Crippen molar-refractivity contribution in [3.05, 3.63) is 106 Å². The molecule has 1 saturated heterocycles. The van der Waals surface area contributed by atoms with E-state index in [-0.39, 0.29) is 30.1 Å². The second-order valence-electron chi connectivity index (χ2n) is 11.3. The van der Waals surface area contributed by atoms with E-state index in [1.807, 2.05) is 60.7 Å². The van der Waals surface area contributed by atoms with E-state index in [0.29, 0.717) is 0 Å². The molecule has 0 aliphatic carbocycles. The minimum absolute atomic E-state index is 0.0392. The Labute approximate surface area is 247 Å². The first kappa shape index (κ1) is 32.1. The van der Waals surface area contributed by atoms with Crippen molar-refractivity contribution in [2.24, 2.45) is 0 Å². The maximum Gasteiger partial charge on any atom is 0.471 e. The Morgan fingerprint density at radius 1 is 1.09 bits per heavy atom. The second kappa shape index (κ2) is 12.8. The van der Waals surface area contributed by atoms with E-state index < -0.39 is 50.1 Å². The number of carbonyl (C=O) groups is 1. The van der Waals surface area contributed by atoms with Gasteiger partial charge < -0.3 is 19.6 Å². The molecule has 2 aromatic carbocycles. The fourth-order valence-electron chi connectivity index (χ4n) is 5.29. The number of rotatable bonds is 9. The number of aromatic nitrogens is 2. The molecule has 3 aromatic rings. The van der Waals surface area contributed by atoms with Gasteiger partial charge in [-0.05, 0) is 21.8 Å². The number of ether oxygens (including phenoxy) is 1. The van der Waals surface area contributed by atoms with Crippen LogP contribution in [0.25, 0.3) is 0 Å². The molecular weight excluding hydrogens is 583 g/mol. The number of halogens is 3. The van der Waals surface area contributed by atoms with Gasteiger partial charge in [0.05, 0.1) is 12.7 Å². The van der Waals surface area contributed by atoms with E-state index in [1.54, 1.807) is 5.32 Å². The zero-order chi connectivity index (χ0) is 31.4. The number of hydrogen-bond donors (Lipinski definition) is 3. The molecule has 1 aliphatic rings. The fourth-order valence-corrected chi connectivity index (χ4v) is 9.86. The van der Waals surface area contributed by atoms with Crippen LogP contribution in [0.4, 0.5) is 13.2 Å². The molecule has 0 bridgehead atoms. The summed E-state index contributed by atoms with van der Waals surface area (Å²) in [5.41, 5.74) is -1.46. The Morgan fingerprint density at radius 3 is 2.21 bits per heavy atom. The van der Waals surface area contributed by atoms with Crippen LogP contribution >= 0.6 is 0 Å². The third kappa shape index (κ3) is 7.07. The molecule has 0 unspecified atom stereocenters. The highest BCUT2D eigenvalue weighted by Gasteiger charge is 2.51. The highest BCUT2D eigenvalue weighted by molar-refractivity contribution is 6.99. The molecular formula is C30H34F3N3O6Si. The summed E-state index contributed by atoms with van der Waals surface area (Å²) >= 11 is 0. The molecule has 230 valence electrons. The van der Waals surface area contributed by atoms with Crippen molar-refractivity contribution >= 4 is 24.6 Å². The van der Waals surface area contributed by atoms with Crippen LogP contribution in [0, 0.1) is 0 Å². The topological polar surface area (TPSA) is 123 Å². The highest BCUT2D eigenvalue weighted by Crippen LogP contribution is 2.38. The lowest BCUT2D eigenvalue weighted by Crippen LogP contribution is -2.67. The van der Waals surface area contributed by atoms with Crippen LogP contribution in [0.5, 0.6) is 0 Å². The van der Waals surface area contributed by atoms with Gasteiger partial charge in [0.25, 0.3) is 13.9 Å². The third-order valence-electron chi connectivity index (χ3n) is 7.36. The minimum atomic E-state index is -5.05. The molecule has 4 rings (SSSR count). The zero-order valence-corrected chi connectivity index (χ0v) is 24.9. The van der Waals surface area contributed by atoms with Crippen molar-refractivity contribution in [3.63, 3.8) is 0 Å². The highest BCUT2D eigenvalue weighted by atomic mass is 28.4. The third-order valence-corrected chi connectivity index (χ3v) is 12.4. The van der Waals surface area contributed by atoms with E-state index in [9.17, 15) is 32.7 Å². The van der Waals surface area contributed by atoms with Crippen LogP contribution in [0.15, 0.2) is 88.7 Å². The molecule has 0 saturated carbocycles. The monoisotopic (exact) mass is 617 g/mol. The largest absolute Gasteiger partial charge is 0.471 e. The fraction of sp³-hybridized carbons (Fsp3) is 0.367. The van der Waals surface area contributed by atoms with E-state index in [4.69, 9.17) is 9.16 Å². The molecule has 43 heavy (non-hydrogen) atoms. The predicted octanol–water partition coefficient (Wildman–Crippen LogP) is 2.50. The van der Waals surface area contributed by atoms with Crippen molar-refractivity contribution < 1.29 is 32.2 Å². The summed E-state index contributed by atoms with van der Waals surface area (Å²) in [4.78, 5) is 38.1. The van der Waals surface area contributed by atoms with Gasteiger partial charge in [-0.25, -0.2) is 4.79 Å². The van der Waals surface area contributed by atoms with Gasteiger partial charge in [0, 0.05) is 24.4 Å². The second-order valence-corrected chi connectivity index (χ2v) is 15.6. The number of hydrogen-bond acceptors (Lipinski definition) is 6. The Hall–Kier alpha value is -3.78. The van der Waals surface area contributed by atoms with Crippen LogP contribution in [0.1, 0.15) is 39.0 Å². The van der Waals surface area contributed by atoms with Crippen LogP contribution in [-0.4, -0.2) is 53.9 Å². The lowest BCUT2D eigenvalue weighted by Gasteiger charge is -2.43. The summed E-state index contributed by atoms with van der Waals surface area (Å²) in [6.45, 7) is 6.41. The van der Waals surface area contributed by atoms with Crippen LogP contribution in [-0.2, 0) is 20.4 Å². The van der Waals surface area contributed by atoms with E-state index in [0.717, 1.165) is 27.2 Å². The van der Waals surface area contributed by atoms with Gasteiger partial charge in [0.2, 0.25) is 0 Å². The number of nitrogens with one attached hydrogen (secondary N) is 2. The molecule has 1 fully saturated rings. The number of aliphatic hydroxyl groups excluding tert-OH is 1. The Kier molecular flexibility index (Phi) is 9.59. The molecule has 1 amide bonds. The molecule has 9 nitrogen and oxygen atoms in total. The maximum atomic E-state index is 12.7. The summed E-state index contributed by atoms with van der Waals surface area (Å²) in [5.74, 6) is -2.15. The quantitative estimate of drug-likeness (QED) is 0.317. The average molecular weight is 618 g/mol. The van der Waals surface area contributed by atoms with E-state index in [2.05, 4.69) is 25.8 Å². The van der Waals surface area contributed by atoms with Crippen molar-refractivity contribution in [1.29, 1.82) is 0 Å². The normalized spacial score (nSPS) is 19.6. The van der Waals surface area contributed by atoms with Gasteiger partial charge in [-0.3, -0.25) is 19.1 Å². The number of alkyl halides is 3. The number of aromatic amines is 1. The molecule has 0 spiro atoms. The molecule has 3 N–H and O–H groups in total. The number of carbonyl (C=O) groups excluding carboxylic acids is 1. The zero-order valence-electron chi connectivity index (χ0n) is 23.9. The molecule has 3 atom stereocenters. The number of nitrogens with zero attached hydrogens (tertiary/aromatic N) is 1. The summed E-state index contributed by atoms with van der Waals surface area (Å²) in [7, 11) is -2.93. The molecule has 1 aliphatic heterocycles. The van der Waals surface area contributed by atoms with Crippen molar-refractivity contribution in [2.45, 2.75) is 63.3 Å². The maximum absolute atomic E-state index is 12.7. The Morgan fingerprint density at radius 2 is 1.67 bits per heavy atom. The summed E-state index contributed by atoms with van der Waals surface area (Å²) in [5, 5.41) is 14.3. The Balaban J connectivity index is 1.55. The van der Waals surface area contributed by atoms with Gasteiger partial charge in [0.1, 0.15) is 12.3 Å². The van der Waals surface area contributed by atoms with Crippen LogP contribution < -0.4 is 26.9 Å². The first-order valence-electron chi connectivity index (χ1n) is 13.7. The lowest BCUT2D eigenvalue weighted by atomic mass is 10.2. The minimum Gasteiger partial charge on any atom is -0.405 e. The van der Waals surface area contributed by atoms with Gasteiger partial charge in [0.15, 0.2) is 0 Å². The van der Waals surface area contributed by atoms with Gasteiger partial charge in [-0.15, -0.1) is 0 Å². The number of H-pyrrole nitrogens is 1. The molecule has 2 heterocycles. The van der Waals surface area contributed by atoms with Gasteiger partial charge in [-0.2, -0.15) is 13.2 Å². The van der Waals surface area contributed by atoms with E-state index in [1.165, 1.54) is 6.20 Å². The van der Waals surface area contributed by atoms with E-state index >= 15 is 0 Å². The van der Waals surface area contributed by atoms with Crippen LogP contribution in [0.3, 0.4) is 0 Å². The summed E-state index contributed by atoms with van der Waals surface area (Å²) < 4.78 is 51.2. The standard InChI is InChI=1S/C30H34F3N3O6Si/c1-29(2,3)43(21-12-6-4-7-13-21,22-14-8-5-9-15-22)41-19-24-23(37)17-25(42-24)36-18-20(26(38)35-28(36)40)11-10-16-34-27(39)30(31,32)33/h4-10,12-16,18,23-25,37H,11,17,19H2,1-3H3,(H,34,39)(H,35,38,40)/t23-,24+,25+/m0/s1. The number of amides is 1. The SMILES string of the molecule is CC(C)(C)[Si](OC[C@H]1O[C@@H](n2cc(CC=CNC(=O)C(F)(F)F)c(=O)[nH]c2=O)C[C@@H]1O)(c1ccccc1)c1ccccc1. The molecule has 1 aromatic heterocycles. The number of aliphatic hydroxyl groups is 1. The Bertz CT molecular complexity index is 1510. The summed E-state index contributed by atoms with van der Waals surface area (Å²) in [6, 6.07) is 19.9. The smallest absolute Gasteiger partial charge is 0.405 e. The van der Waals surface area contributed by atoms with Crippen molar-refractivity contribution in [3.8, 4) is 0 Å². The van der Waals surface area contributed by atoms with Crippen molar-refractivity contribution in [2.75, 3.05) is 6.61 Å². The summed E-state index contributed by atoms with van der Waals surface area (Å²) in [6.07, 6.45) is -4.73. The molecule has 13 heteroatoms. The van der Waals surface area contributed by atoms with Gasteiger partial charge >= 0.3 is 17.8 Å². The first-order valence-corrected chi connectivity index (χ1v) is 15.6. The molecule has 0 radical (unpaired) electrons. The van der Waals surface area contributed by atoms with Crippen molar-refractivity contribution in [1.82, 2.24) is 14.9 Å². The predicted molar refractivity (Wildman–Crippen MR) is 156 cm³/mol. The van der Waals surface area contributed by atoms with Gasteiger partial charge in [-0.1, -0.05) is 87.5 Å².